The third-order valence-electron chi connectivity index (χ3n) is 3.52. The normalized spacial score (nSPS) is 10.1. The van der Waals surface area contributed by atoms with E-state index in [0.717, 1.165) is 5.56 Å². The number of nitrogens with zero attached hydrogens (tertiary/aromatic N) is 2. The fraction of sp³-hybridized carbons (Fsp3) is 0.158. The molecule has 0 unspecified atom stereocenters. The van der Waals surface area contributed by atoms with Crippen molar-refractivity contribution in [2.75, 3.05) is 11.9 Å². The third-order valence-corrected chi connectivity index (χ3v) is 5.17. The van der Waals surface area contributed by atoms with Crippen LogP contribution in [0.1, 0.15) is 26.6 Å². The summed E-state index contributed by atoms with van der Waals surface area (Å²) in [4.78, 5) is 28.1. The molecule has 0 saturated heterocycles. The number of benzene rings is 1. The summed E-state index contributed by atoms with van der Waals surface area (Å²) >= 11 is 2.49. The molecule has 3 aromatic rings. The maximum Gasteiger partial charge on any atom is 0.358 e. The molecule has 0 spiro atoms. The molecule has 2 aromatic heterocycles. The highest BCUT2D eigenvalue weighted by Gasteiger charge is 2.15. The number of hydrogen-bond donors (Lipinski definition) is 1. The van der Waals surface area contributed by atoms with Crippen molar-refractivity contribution in [3.63, 3.8) is 0 Å². The molecule has 1 N–H and O–H groups in total. The second-order valence-corrected chi connectivity index (χ2v) is 7.49. The molecule has 9 heteroatoms. The highest BCUT2D eigenvalue weighted by atomic mass is 32.1. The van der Waals surface area contributed by atoms with E-state index in [0.29, 0.717) is 21.3 Å². The summed E-state index contributed by atoms with van der Waals surface area (Å²) in [6, 6.07) is 11.2. The van der Waals surface area contributed by atoms with E-state index >= 15 is 0 Å². The van der Waals surface area contributed by atoms with E-state index in [-0.39, 0.29) is 12.3 Å². The third kappa shape index (κ3) is 5.16. The first-order chi connectivity index (χ1) is 13.5. The molecule has 1 amide bonds. The topological polar surface area (TPSA) is 101 Å². The van der Waals surface area contributed by atoms with Crippen LogP contribution in [0.25, 0.3) is 0 Å². The molecule has 2 heterocycles. The van der Waals surface area contributed by atoms with E-state index in [1.165, 1.54) is 22.7 Å². The van der Waals surface area contributed by atoms with Crippen LogP contribution < -0.4 is 10.1 Å². The van der Waals surface area contributed by atoms with Gasteiger partial charge in [0.2, 0.25) is 0 Å². The lowest BCUT2D eigenvalue weighted by atomic mass is 10.2. The first-order valence-corrected chi connectivity index (χ1v) is 9.89. The van der Waals surface area contributed by atoms with Gasteiger partial charge in [-0.05, 0) is 30.5 Å². The molecule has 142 valence electrons. The van der Waals surface area contributed by atoms with Crippen LogP contribution in [-0.2, 0) is 16.1 Å². The molecule has 3 rings (SSSR count). The lowest BCUT2D eigenvalue weighted by Gasteiger charge is -2.04. The van der Waals surface area contributed by atoms with Crippen molar-refractivity contribution in [1.82, 2.24) is 4.98 Å². The van der Waals surface area contributed by atoms with E-state index < -0.39 is 18.5 Å². The molecule has 0 bridgehead atoms. The van der Waals surface area contributed by atoms with Crippen molar-refractivity contribution < 1.29 is 19.1 Å². The van der Waals surface area contributed by atoms with Crippen molar-refractivity contribution >= 4 is 39.6 Å². The highest BCUT2D eigenvalue weighted by molar-refractivity contribution is 7.14. The number of carbonyl (C=O) groups excluding carboxylic acids is 2. The molecule has 0 atom stereocenters. The molecule has 1 aromatic carbocycles. The minimum absolute atomic E-state index is 0.120. The van der Waals surface area contributed by atoms with E-state index in [9.17, 15) is 9.59 Å². The van der Waals surface area contributed by atoms with Gasteiger partial charge in [-0.2, -0.15) is 5.26 Å². The number of ether oxygens (including phenoxy) is 2. The van der Waals surface area contributed by atoms with Crippen LogP contribution in [0.15, 0.2) is 41.1 Å². The Morgan fingerprint density at radius 2 is 2.00 bits per heavy atom. The van der Waals surface area contributed by atoms with Crippen molar-refractivity contribution in [3.8, 4) is 11.8 Å². The van der Waals surface area contributed by atoms with Crippen molar-refractivity contribution in [1.29, 1.82) is 5.26 Å². The highest BCUT2D eigenvalue weighted by Crippen LogP contribution is 2.22. The minimum atomic E-state index is -0.695. The van der Waals surface area contributed by atoms with E-state index in [4.69, 9.17) is 14.7 Å². The molecule has 0 radical (unpaired) electrons. The summed E-state index contributed by atoms with van der Waals surface area (Å²) in [5.41, 5.74) is 1.62. The lowest BCUT2D eigenvalue weighted by Crippen LogP contribution is -2.21. The van der Waals surface area contributed by atoms with E-state index in [2.05, 4.69) is 10.3 Å². The molecular weight excluding hydrogens is 398 g/mol. The van der Waals surface area contributed by atoms with Gasteiger partial charge in [-0.25, -0.2) is 9.78 Å². The summed E-state index contributed by atoms with van der Waals surface area (Å²) in [6.45, 7) is 1.76. The van der Waals surface area contributed by atoms with Gasteiger partial charge in [-0.1, -0.05) is 17.7 Å². The lowest BCUT2D eigenvalue weighted by molar-refractivity contribution is -0.119. The molecule has 0 fully saturated rings. The standard InChI is InChI=1S/C19H15N3O4S2/c1-12-2-4-14(5-3-12)25-10-17-21-15(11-28-17)19(24)26-9-16(23)22-18-13(8-20)6-7-27-18/h2-7,11H,9-10H2,1H3,(H,22,23). The number of nitriles is 1. The van der Waals surface area contributed by atoms with Gasteiger partial charge in [-0.15, -0.1) is 22.7 Å². The zero-order valence-electron chi connectivity index (χ0n) is 14.8. The van der Waals surface area contributed by atoms with E-state index in [1.54, 1.807) is 16.8 Å². The van der Waals surface area contributed by atoms with Crippen LogP contribution in [0.5, 0.6) is 5.75 Å². The van der Waals surface area contributed by atoms with Crippen LogP contribution >= 0.6 is 22.7 Å². The Bertz CT molecular complexity index is 1020. The van der Waals surface area contributed by atoms with Gasteiger partial charge < -0.3 is 14.8 Å². The minimum Gasteiger partial charge on any atom is -0.486 e. The molecule has 28 heavy (non-hydrogen) atoms. The summed E-state index contributed by atoms with van der Waals surface area (Å²) in [7, 11) is 0. The van der Waals surface area contributed by atoms with Gasteiger partial charge in [0.25, 0.3) is 5.91 Å². The number of esters is 1. The predicted octanol–water partition coefficient (Wildman–Crippen LogP) is 3.76. The monoisotopic (exact) mass is 413 g/mol. The molecule has 0 aliphatic heterocycles. The van der Waals surface area contributed by atoms with Gasteiger partial charge in [0.1, 0.15) is 28.4 Å². The number of thiazole rings is 1. The summed E-state index contributed by atoms with van der Waals surface area (Å²) in [5.74, 6) is -0.503. The number of amides is 1. The van der Waals surface area contributed by atoms with Crippen LogP contribution in [0, 0.1) is 18.3 Å². The first kappa shape index (κ1) is 19.5. The largest absolute Gasteiger partial charge is 0.486 e. The van der Waals surface area contributed by atoms with Gasteiger partial charge in [0, 0.05) is 5.38 Å². The Balaban J connectivity index is 1.47. The Morgan fingerprint density at radius 3 is 2.75 bits per heavy atom. The number of aromatic nitrogens is 1. The number of hydrogen-bond acceptors (Lipinski definition) is 8. The molecule has 0 aliphatic carbocycles. The molecule has 0 saturated carbocycles. The fourth-order valence-corrected chi connectivity index (χ4v) is 3.54. The summed E-state index contributed by atoms with van der Waals surface area (Å²) in [5, 5.41) is 15.7. The van der Waals surface area contributed by atoms with Gasteiger partial charge >= 0.3 is 5.97 Å². The Morgan fingerprint density at radius 1 is 1.21 bits per heavy atom. The average Bonchev–Trinajstić information content (AvgIpc) is 3.35. The number of nitrogens with one attached hydrogen (secondary N) is 1. The maximum absolute atomic E-state index is 12.1. The van der Waals surface area contributed by atoms with Crippen LogP contribution in [0.3, 0.4) is 0 Å². The van der Waals surface area contributed by atoms with Gasteiger partial charge in [0.15, 0.2) is 12.3 Å². The van der Waals surface area contributed by atoms with Crippen LogP contribution in [0.2, 0.25) is 0 Å². The zero-order chi connectivity index (χ0) is 19.9. The Kier molecular flexibility index (Phi) is 6.37. The number of carbonyl (C=O) groups is 2. The number of rotatable bonds is 7. The van der Waals surface area contributed by atoms with Crippen LogP contribution in [0.4, 0.5) is 5.00 Å². The van der Waals surface area contributed by atoms with Gasteiger partial charge in [0.05, 0.1) is 5.56 Å². The number of thiophene rings is 1. The first-order valence-electron chi connectivity index (χ1n) is 8.13. The Labute approximate surface area is 169 Å². The molecule has 0 aliphatic rings. The second kappa shape index (κ2) is 9.12. The summed E-state index contributed by atoms with van der Waals surface area (Å²) in [6.07, 6.45) is 0. The van der Waals surface area contributed by atoms with Crippen molar-refractivity contribution in [2.45, 2.75) is 13.5 Å². The van der Waals surface area contributed by atoms with E-state index in [1.807, 2.05) is 37.3 Å². The molecular formula is C19H15N3O4S2. The van der Waals surface area contributed by atoms with Crippen LogP contribution in [-0.4, -0.2) is 23.5 Å². The van der Waals surface area contributed by atoms with Gasteiger partial charge in [-0.3, -0.25) is 4.79 Å². The fourth-order valence-electron chi connectivity index (χ4n) is 2.11. The number of aryl methyl sites for hydroxylation is 1. The number of anilines is 1. The SMILES string of the molecule is Cc1ccc(OCc2nc(C(=O)OCC(=O)Nc3sccc3C#N)cs2)cc1. The Hall–Kier alpha value is -3.22. The van der Waals surface area contributed by atoms with Crippen molar-refractivity contribution in [2.24, 2.45) is 0 Å². The predicted molar refractivity (Wildman–Crippen MR) is 106 cm³/mol. The van der Waals surface area contributed by atoms with Crippen molar-refractivity contribution in [3.05, 3.63) is 62.9 Å². The average molecular weight is 413 g/mol. The summed E-state index contributed by atoms with van der Waals surface area (Å²) < 4.78 is 10.6. The maximum atomic E-state index is 12.1. The molecule has 7 nitrogen and oxygen atoms in total. The smallest absolute Gasteiger partial charge is 0.358 e. The zero-order valence-corrected chi connectivity index (χ0v) is 16.4. The second-order valence-electron chi connectivity index (χ2n) is 5.63. The quantitative estimate of drug-likeness (QED) is 0.592.